The van der Waals surface area contributed by atoms with E-state index in [1.807, 2.05) is 0 Å². The van der Waals surface area contributed by atoms with Crippen LogP contribution in [0.1, 0.15) is 36.6 Å². The first-order valence-electron chi connectivity index (χ1n) is 8.84. The van der Waals surface area contributed by atoms with Crippen LogP contribution in [0.5, 0.6) is 0 Å². The maximum Gasteiger partial charge on any atom is 0.271 e. The first kappa shape index (κ1) is 19.6. The third-order valence-electron chi connectivity index (χ3n) is 4.77. The summed E-state index contributed by atoms with van der Waals surface area (Å²) >= 11 is 0. The number of rotatable bonds is 5. The number of nitro benzene ring substituents is 2. The Labute approximate surface area is 173 Å². The number of anilines is 1. The molecule has 3 aromatic carbocycles. The van der Waals surface area contributed by atoms with Crippen LogP contribution in [0.25, 0.3) is 0 Å². The number of hydrogen-bond donors (Lipinski definition) is 0. The SMILES string of the molecule is O=C(c1cccc([N+](=O)[O-])c1)c1ccc2c(c1)C(=O)N(c1cccc([N+](=O)[O-])c1)C2=O. The molecule has 0 aromatic heterocycles. The summed E-state index contributed by atoms with van der Waals surface area (Å²) in [5, 5.41) is 22.0. The van der Waals surface area contributed by atoms with Crippen molar-refractivity contribution in [3.05, 3.63) is 109 Å². The number of imide groups is 1. The van der Waals surface area contributed by atoms with Crippen molar-refractivity contribution in [3.63, 3.8) is 0 Å². The van der Waals surface area contributed by atoms with Crippen LogP contribution in [0.3, 0.4) is 0 Å². The highest BCUT2D eigenvalue weighted by atomic mass is 16.6. The van der Waals surface area contributed by atoms with Crippen LogP contribution in [0, 0.1) is 20.2 Å². The average Bonchev–Trinajstić information content (AvgIpc) is 3.02. The van der Waals surface area contributed by atoms with Gasteiger partial charge >= 0.3 is 0 Å². The second-order valence-corrected chi connectivity index (χ2v) is 6.62. The molecule has 2 amide bonds. The third-order valence-corrected chi connectivity index (χ3v) is 4.77. The summed E-state index contributed by atoms with van der Waals surface area (Å²) in [4.78, 5) is 59.9. The monoisotopic (exact) mass is 417 g/mol. The molecule has 3 aromatic rings. The summed E-state index contributed by atoms with van der Waals surface area (Å²) in [6.07, 6.45) is 0. The van der Waals surface area contributed by atoms with Crippen molar-refractivity contribution in [2.24, 2.45) is 0 Å². The molecule has 1 aliphatic heterocycles. The Bertz CT molecular complexity index is 1320. The lowest BCUT2D eigenvalue weighted by atomic mass is 9.99. The van der Waals surface area contributed by atoms with E-state index in [4.69, 9.17) is 0 Å². The van der Waals surface area contributed by atoms with E-state index in [2.05, 4.69) is 0 Å². The quantitative estimate of drug-likeness (QED) is 0.267. The lowest BCUT2D eigenvalue weighted by Gasteiger charge is -2.13. The molecule has 152 valence electrons. The normalized spacial score (nSPS) is 12.6. The van der Waals surface area contributed by atoms with Crippen molar-refractivity contribution in [1.29, 1.82) is 0 Å². The first-order chi connectivity index (χ1) is 14.8. The molecule has 0 unspecified atom stereocenters. The molecule has 0 fully saturated rings. The highest BCUT2D eigenvalue weighted by Gasteiger charge is 2.37. The zero-order valence-electron chi connectivity index (χ0n) is 15.6. The van der Waals surface area contributed by atoms with Crippen LogP contribution in [0.2, 0.25) is 0 Å². The Morgan fingerprint density at radius 3 is 1.97 bits per heavy atom. The number of ketones is 1. The van der Waals surface area contributed by atoms with Gasteiger partial charge in [-0.25, -0.2) is 4.90 Å². The molecule has 0 spiro atoms. The van der Waals surface area contributed by atoms with Gasteiger partial charge in [0.25, 0.3) is 23.2 Å². The molecule has 0 atom stereocenters. The second-order valence-electron chi connectivity index (χ2n) is 6.62. The minimum absolute atomic E-state index is 0.0342. The molecule has 1 heterocycles. The Morgan fingerprint density at radius 2 is 1.29 bits per heavy atom. The smallest absolute Gasteiger partial charge is 0.271 e. The van der Waals surface area contributed by atoms with Crippen LogP contribution in [-0.4, -0.2) is 27.4 Å². The number of fused-ring (bicyclic) bond motifs is 1. The van der Waals surface area contributed by atoms with Gasteiger partial charge in [0.05, 0.1) is 26.7 Å². The van der Waals surface area contributed by atoms with E-state index in [1.165, 1.54) is 54.6 Å². The number of carbonyl (C=O) groups excluding carboxylic acids is 3. The van der Waals surface area contributed by atoms with Gasteiger partial charge in [-0.1, -0.05) is 24.3 Å². The number of benzene rings is 3. The molecule has 0 N–H and O–H groups in total. The standard InChI is InChI=1S/C21H11N3O7/c25-19(12-3-1-5-15(9-12)23(28)29)13-7-8-17-18(10-13)21(27)22(20(17)26)14-4-2-6-16(11-14)24(30)31/h1-11H. The van der Waals surface area contributed by atoms with Gasteiger partial charge < -0.3 is 0 Å². The lowest BCUT2D eigenvalue weighted by Crippen LogP contribution is -2.29. The van der Waals surface area contributed by atoms with E-state index in [1.54, 1.807) is 0 Å². The summed E-state index contributed by atoms with van der Waals surface area (Å²) < 4.78 is 0. The molecule has 10 heteroatoms. The van der Waals surface area contributed by atoms with E-state index in [-0.39, 0.29) is 39.3 Å². The predicted molar refractivity (Wildman–Crippen MR) is 107 cm³/mol. The van der Waals surface area contributed by atoms with Crippen molar-refractivity contribution in [2.75, 3.05) is 4.90 Å². The number of carbonyl (C=O) groups is 3. The first-order valence-corrected chi connectivity index (χ1v) is 8.84. The number of amides is 2. The third kappa shape index (κ3) is 3.31. The molecule has 31 heavy (non-hydrogen) atoms. The maximum atomic E-state index is 12.9. The fourth-order valence-electron chi connectivity index (χ4n) is 3.29. The number of nitrogens with zero attached hydrogens (tertiary/aromatic N) is 3. The Hall–Kier alpha value is -4.73. The lowest BCUT2D eigenvalue weighted by molar-refractivity contribution is -0.385. The molecular weight excluding hydrogens is 406 g/mol. The predicted octanol–water partition coefficient (Wildman–Crippen LogP) is 3.53. The van der Waals surface area contributed by atoms with Gasteiger partial charge in [-0.3, -0.25) is 34.6 Å². The van der Waals surface area contributed by atoms with Crippen molar-refractivity contribution in [1.82, 2.24) is 0 Å². The highest BCUT2D eigenvalue weighted by Crippen LogP contribution is 2.31. The highest BCUT2D eigenvalue weighted by molar-refractivity contribution is 6.35. The molecular formula is C21H11N3O7. The van der Waals surface area contributed by atoms with Crippen molar-refractivity contribution in [3.8, 4) is 0 Å². The molecule has 0 saturated heterocycles. The zero-order valence-corrected chi connectivity index (χ0v) is 15.6. The molecule has 0 bridgehead atoms. The van der Waals surface area contributed by atoms with Gasteiger partial charge in [0.1, 0.15) is 0 Å². The largest absolute Gasteiger partial charge is 0.289 e. The fourth-order valence-corrected chi connectivity index (χ4v) is 3.29. The number of hydrogen-bond acceptors (Lipinski definition) is 7. The van der Waals surface area contributed by atoms with Gasteiger partial charge in [0.2, 0.25) is 0 Å². The summed E-state index contributed by atoms with van der Waals surface area (Å²) in [5.74, 6) is -1.95. The Kier molecular flexibility index (Phi) is 4.59. The molecule has 0 radical (unpaired) electrons. The number of non-ortho nitro benzene ring substituents is 2. The minimum atomic E-state index is -0.728. The van der Waals surface area contributed by atoms with Gasteiger partial charge in [0.15, 0.2) is 5.78 Å². The molecule has 0 aliphatic carbocycles. The number of nitro groups is 2. The summed E-state index contributed by atoms with van der Waals surface area (Å²) in [6, 6.07) is 14.2. The second kappa shape index (κ2) is 7.26. The molecule has 4 rings (SSSR count). The van der Waals surface area contributed by atoms with Crippen molar-refractivity contribution in [2.45, 2.75) is 0 Å². The van der Waals surface area contributed by atoms with E-state index in [9.17, 15) is 34.6 Å². The van der Waals surface area contributed by atoms with Crippen molar-refractivity contribution < 1.29 is 24.2 Å². The van der Waals surface area contributed by atoms with Gasteiger partial charge in [-0.15, -0.1) is 0 Å². The van der Waals surface area contributed by atoms with Crippen LogP contribution in [0.4, 0.5) is 17.1 Å². The average molecular weight is 417 g/mol. The summed E-state index contributed by atoms with van der Waals surface area (Å²) in [5.41, 5.74) is -0.361. The summed E-state index contributed by atoms with van der Waals surface area (Å²) in [6.45, 7) is 0. The van der Waals surface area contributed by atoms with Crippen LogP contribution >= 0.6 is 0 Å². The Balaban J connectivity index is 1.71. The maximum absolute atomic E-state index is 12.9. The Morgan fingerprint density at radius 1 is 0.710 bits per heavy atom. The topological polar surface area (TPSA) is 141 Å². The van der Waals surface area contributed by atoms with Gasteiger partial charge in [0, 0.05) is 35.4 Å². The van der Waals surface area contributed by atoms with Crippen LogP contribution < -0.4 is 4.90 Å². The van der Waals surface area contributed by atoms with Crippen LogP contribution in [-0.2, 0) is 0 Å². The van der Waals surface area contributed by atoms with Gasteiger partial charge in [-0.2, -0.15) is 0 Å². The minimum Gasteiger partial charge on any atom is -0.289 e. The van der Waals surface area contributed by atoms with Gasteiger partial charge in [-0.05, 0) is 18.2 Å². The van der Waals surface area contributed by atoms with E-state index in [0.717, 1.165) is 17.0 Å². The van der Waals surface area contributed by atoms with Crippen molar-refractivity contribution >= 4 is 34.7 Å². The van der Waals surface area contributed by atoms with Crippen LogP contribution in [0.15, 0.2) is 66.7 Å². The zero-order chi connectivity index (χ0) is 22.3. The van der Waals surface area contributed by atoms with E-state index >= 15 is 0 Å². The van der Waals surface area contributed by atoms with E-state index < -0.39 is 27.4 Å². The molecule has 1 aliphatic rings. The van der Waals surface area contributed by atoms with E-state index in [0.29, 0.717) is 0 Å². The molecule has 0 saturated carbocycles. The molecule has 10 nitrogen and oxygen atoms in total. The fraction of sp³-hybridized carbons (Fsp3) is 0. The summed E-state index contributed by atoms with van der Waals surface area (Å²) in [7, 11) is 0.